The summed E-state index contributed by atoms with van der Waals surface area (Å²) in [7, 11) is 0. The summed E-state index contributed by atoms with van der Waals surface area (Å²) in [5.74, 6) is 1.20. The Balaban J connectivity index is 1.25. The van der Waals surface area contributed by atoms with Gasteiger partial charge in [-0.25, -0.2) is 19.3 Å². The fraction of sp³-hybridized carbons (Fsp3) is 0.400. The highest BCUT2D eigenvalue weighted by Crippen LogP contribution is 2.46. The first-order valence-corrected chi connectivity index (χ1v) is 9.80. The molecule has 1 saturated carbocycles. The molecule has 1 amide bonds. The number of carbonyl (C=O) groups is 1. The van der Waals surface area contributed by atoms with Crippen molar-refractivity contribution in [2.45, 2.75) is 19.9 Å². The zero-order chi connectivity index (χ0) is 20.1. The molecular weight excluding hydrogens is 373 g/mol. The van der Waals surface area contributed by atoms with Gasteiger partial charge in [-0.2, -0.15) is 0 Å². The number of imidazole rings is 1. The van der Waals surface area contributed by atoms with Crippen LogP contribution in [0.25, 0.3) is 5.65 Å². The second kappa shape index (κ2) is 6.77. The van der Waals surface area contributed by atoms with Crippen molar-refractivity contribution in [2.75, 3.05) is 29.9 Å². The molecule has 1 aliphatic heterocycles. The molecule has 2 fully saturated rings. The van der Waals surface area contributed by atoms with Crippen LogP contribution in [0.4, 0.5) is 15.9 Å². The van der Waals surface area contributed by atoms with E-state index in [1.165, 1.54) is 12.3 Å². The average molecular weight is 395 g/mol. The fourth-order valence-electron chi connectivity index (χ4n) is 4.30. The molecule has 1 aliphatic carbocycles. The van der Waals surface area contributed by atoms with Crippen molar-refractivity contribution in [2.24, 2.45) is 11.8 Å². The van der Waals surface area contributed by atoms with Crippen LogP contribution in [0.3, 0.4) is 0 Å². The predicted molar refractivity (Wildman–Crippen MR) is 107 cm³/mol. The molecular formula is C20H22FN7O. The number of anilines is 2. The van der Waals surface area contributed by atoms with Gasteiger partial charge < -0.3 is 19.9 Å². The van der Waals surface area contributed by atoms with E-state index in [0.29, 0.717) is 29.3 Å². The van der Waals surface area contributed by atoms with Gasteiger partial charge in [0.2, 0.25) is 0 Å². The number of pyridine rings is 1. The van der Waals surface area contributed by atoms with Crippen molar-refractivity contribution < 1.29 is 9.18 Å². The Bertz CT molecular complexity index is 1070. The minimum atomic E-state index is -0.499. The van der Waals surface area contributed by atoms with Crippen LogP contribution in [0.1, 0.15) is 23.1 Å². The van der Waals surface area contributed by atoms with Crippen molar-refractivity contribution >= 4 is 23.1 Å². The van der Waals surface area contributed by atoms with Crippen LogP contribution in [0.2, 0.25) is 0 Å². The molecule has 0 spiro atoms. The van der Waals surface area contributed by atoms with Gasteiger partial charge in [0.25, 0.3) is 5.91 Å². The number of fused-ring (bicyclic) bond motifs is 2. The second-order valence-corrected chi connectivity index (χ2v) is 7.72. The number of amides is 1. The van der Waals surface area contributed by atoms with E-state index < -0.39 is 11.7 Å². The molecule has 8 nitrogen and oxygen atoms in total. The van der Waals surface area contributed by atoms with Gasteiger partial charge in [0, 0.05) is 37.6 Å². The average Bonchev–Trinajstić information content (AvgIpc) is 3.04. The lowest BCUT2D eigenvalue weighted by Gasteiger charge is -2.20. The highest BCUT2D eigenvalue weighted by atomic mass is 19.1. The highest BCUT2D eigenvalue weighted by molar-refractivity contribution is 6.02. The van der Waals surface area contributed by atoms with E-state index in [1.807, 2.05) is 0 Å². The van der Waals surface area contributed by atoms with E-state index in [1.54, 1.807) is 29.9 Å². The largest absolute Gasteiger partial charge is 0.355 e. The summed E-state index contributed by atoms with van der Waals surface area (Å²) < 4.78 is 15.7. The summed E-state index contributed by atoms with van der Waals surface area (Å²) in [6, 6.07) is 1.88. The molecule has 2 N–H and O–H groups in total. The number of nitrogens with one attached hydrogen (secondary N) is 2. The molecule has 1 saturated heterocycles. The monoisotopic (exact) mass is 395 g/mol. The number of hydrogen-bond acceptors (Lipinski definition) is 6. The molecule has 0 unspecified atom stereocenters. The van der Waals surface area contributed by atoms with E-state index in [-0.39, 0.29) is 11.3 Å². The Hall–Kier alpha value is -3.07. The molecule has 150 valence electrons. The zero-order valence-corrected chi connectivity index (χ0v) is 16.3. The third-order valence-electron chi connectivity index (χ3n) is 5.71. The van der Waals surface area contributed by atoms with Crippen molar-refractivity contribution in [1.29, 1.82) is 0 Å². The highest BCUT2D eigenvalue weighted by Gasteiger charge is 2.55. The van der Waals surface area contributed by atoms with E-state index in [2.05, 4.69) is 37.4 Å². The van der Waals surface area contributed by atoms with Crippen LogP contribution in [0.15, 0.2) is 30.9 Å². The molecule has 3 aromatic heterocycles. The summed E-state index contributed by atoms with van der Waals surface area (Å²) in [6.45, 7) is 6.84. The van der Waals surface area contributed by atoms with Gasteiger partial charge >= 0.3 is 0 Å². The van der Waals surface area contributed by atoms with Gasteiger partial charge in [0.15, 0.2) is 11.5 Å². The number of hydrogen-bond donors (Lipinski definition) is 2. The van der Waals surface area contributed by atoms with E-state index in [9.17, 15) is 9.18 Å². The van der Waals surface area contributed by atoms with Crippen LogP contribution >= 0.6 is 0 Å². The van der Waals surface area contributed by atoms with Gasteiger partial charge in [-0.1, -0.05) is 6.92 Å². The lowest BCUT2D eigenvalue weighted by atomic mass is 10.3. The SMILES string of the molecule is CCN[C@@H]1[C@@H]2CN(c3cnc(C(=O)Nc4cc(F)c5nc(C)cn5c4)cn3)C[C@@H]21. The standard InChI is InChI=1S/C20H22FN7O/c1-3-22-18-13-9-27(10-14(13)18)17-6-23-16(5-24-17)20(29)26-12-4-15(21)19-25-11(2)7-28(19)8-12/h4-8,13-14,18,22H,3,9-10H2,1-2H3,(H,26,29)/t13-,14+,18-. The van der Waals surface area contributed by atoms with Crippen LogP contribution in [0, 0.1) is 24.6 Å². The van der Waals surface area contributed by atoms with Gasteiger partial charge in [0.1, 0.15) is 11.5 Å². The summed E-state index contributed by atoms with van der Waals surface area (Å²) in [4.78, 5) is 27.5. The number of aromatic nitrogens is 4. The number of nitrogens with zero attached hydrogens (tertiary/aromatic N) is 5. The number of piperidine rings is 1. The number of carbonyl (C=O) groups excluding carboxylic acids is 1. The molecule has 3 atom stereocenters. The first-order valence-electron chi connectivity index (χ1n) is 9.80. The molecule has 5 rings (SSSR count). The summed E-state index contributed by atoms with van der Waals surface area (Å²) in [5, 5.41) is 6.18. The molecule has 4 heterocycles. The van der Waals surface area contributed by atoms with Crippen LogP contribution in [-0.2, 0) is 0 Å². The lowest BCUT2D eigenvalue weighted by molar-refractivity contribution is 0.102. The van der Waals surface area contributed by atoms with Crippen LogP contribution in [-0.4, -0.2) is 50.9 Å². The third kappa shape index (κ3) is 3.21. The van der Waals surface area contributed by atoms with E-state index >= 15 is 0 Å². The molecule has 3 aromatic rings. The maximum atomic E-state index is 14.2. The Morgan fingerprint density at radius 1 is 1.24 bits per heavy atom. The minimum absolute atomic E-state index is 0.186. The Morgan fingerprint density at radius 2 is 2.03 bits per heavy atom. The van der Waals surface area contributed by atoms with Crippen LogP contribution < -0.4 is 15.5 Å². The van der Waals surface area contributed by atoms with Crippen molar-refractivity contribution in [3.05, 3.63) is 48.1 Å². The first kappa shape index (κ1) is 18.0. The Kier molecular flexibility index (Phi) is 4.20. The van der Waals surface area contributed by atoms with Gasteiger partial charge in [-0.15, -0.1) is 0 Å². The third-order valence-corrected chi connectivity index (χ3v) is 5.71. The van der Waals surface area contributed by atoms with E-state index in [0.717, 1.165) is 25.5 Å². The quantitative estimate of drug-likeness (QED) is 0.686. The maximum Gasteiger partial charge on any atom is 0.275 e. The molecule has 0 aromatic carbocycles. The second-order valence-electron chi connectivity index (χ2n) is 7.72. The number of rotatable bonds is 5. The molecule has 9 heteroatoms. The number of aryl methyl sites for hydroxylation is 1. The van der Waals surface area contributed by atoms with Gasteiger partial charge in [0.05, 0.1) is 23.8 Å². The maximum absolute atomic E-state index is 14.2. The lowest BCUT2D eigenvalue weighted by Crippen LogP contribution is -2.31. The van der Waals surface area contributed by atoms with Gasteiger partial charge in [-0.3, -0.25) is 4.79 Å². The molecule has 2 aliphatic rings. The van der Waals surface area contributed by atoms with Crippen molar-refractivity contribution in [3.63, 3.8) is 0 Å². The van der Waals surface area contributed by atoms with Crippen molar-refractivity contribution in [1.82, 2.24) is 24.7 Å². The molecule has 0 bridgehead atoms. The smallest absolute Gasteiger partial charge is 0.275 e. The fourth-order valence-corrected chi connectivity index (χ4v) is 4.30. The first-order chi connectivity index (χ1) is 14.0. The molecule has 29 heavy (non-hydrogen) atoms. The van der Waals surface area contributed by atoms with Crippen molar-refractivity contribution in [3.8, 4) is 0 Å². The van der Waals surface area contributed by atoms with Gasteiger partial charge in [-0.05, 0) is 25.3 Å². The molecule has 0 radical (unpaired) electrons. The zero-order valence-electron chi connectivity index (χ0n) is 16.3. The summed E-state index contributed by atoms with van der Waals surface area (Å²) in [6.07, 6.45) is 6.41. The summed E-state index contributed by atoms with van der Waals surface area (Å²) >= 11 is 0. The number of halogens is 1. The van der Waals surface area contributed by atoms with Crippen LogP contribution in [0.5, 0.6) is 0 Å². The summed E-state index contributed by atoms with van der Waals surface area (Å²) in [5.41, 5.74) is 1.44. The van der Waals surface area contributed by atoms with E-state index in [4.69, 9.17) is 0 Å². The Morgan fingerprint density at radius 3 is 2.72 bits per heavy atom. The normalized spacial score (nSPS) is 22.7. The minimum Gasteiger partial charge on any atom is -0.355 e. The predicted octanol–water partition coefficient (Wildman–Crippen LogP) is 1.87. The Labute approximate surface area is 167 Å². The topological polar surface area (TPSA) is 87.5 Å².